The van der Waals surface area contributed by atoms with Crippen molar-refractivity contribution in [2.24, 2.45) is 5.18 Å². The average molecular weight is 552 g/mol. The maximum atomic E-state index is 14.0. The number of halogens is 1. The van der Waals surface area contributed by atoms with Crippen molar-refractivity contribution < 1.29 is 14.1 Å². The summed E-state index contributed by atoms with van der Waals surface area (Å²) in [6.07, 6.45) is 0. The molecular weight excluding hydrogens is 538 g/mol. The number of rotatable bonds is 7. The molecular formula is C25H14ClN3O4S3. The van der Waals surface area contributed by atoms with Gasteiger partial charge in [0.15, 0.2) is 11.5 Å². The molecule has 1 atom stereocenters. The van der Waals surface area contributed by atoms with Gasteiger partial charge in [-0.1, -0.05) is 17.7 Å². The topological polar surface area (TPSA) is 108 Å². The molecule has 0 bridgehead atoms. The standard InChI is InChI=1S/C25H14ClN3O4S3/c26-15-3-6-17(7-4-15)36(32)29-20-8-5-16(33-14-23(30)28-31)12-19(20)24(18-9-11-35-22(18)13-27)25(29)21-2-1-10-34-21/h1-12H,14H2. The summed E-state index contributed by atoms with van der Waals surface area (Å²) in [7, 11) is 0. The highest BCUT2D eigenvalue weighted by atomic mass is 35.5. The Bertz CT molecular complexity index is 1620. The van der Waals surface area contributed by atoms with E-state index in [1.807, 2.05) is 29.0 Å². The Kier molecular flexibility index (Phi) is 6.91. The van der Waals surface area contributed by atoms with Gasteiger partial charge in [-0.15, -0.1) is 27.6 Å². The molecule has 0 aliphatic heterocycles. The molecule has 1 unspecified atom stereocenters. The van der Waals surface area contributed by atoms with E-state index in [4.69, 9.17) is 16.3 Å². The second-order valence-corrected chi connectivity index (χ2v) is 11.1. The van der Waals surface area contributed by atoms with Crippen LogP contribution in [0.5, 0.6) is 5.75 Å². The van der Waals surface area contributed by atoms with Crippen LogP contribution in [0, 0.1) is 16.2 Å². The van der Waals surface area contributed by atoms with Gasteiger partial charge in [0, 0.05) is 26.7 Å². The van der Waals surface area contributed by atoms with Crippen molar-refractivity contribution in [2.45, 2.75) is 4.90 Å². The fraction of sp³-hybridized carbons (Fsp3) is 0.0400. The number of hydrogen-bond donors (Lipinski definition) is 0. The molecule has 0 saturated heterocycles. The van der Waals surface area contributed by atoms with E-state index in [-0.39, 0.29) is 0 Å². The first-order valence-electron chi connectivity index (χ1n) is 10.4. The molecule has 0 saturated carbocycles. The van der Waals surface area contributed by atoms with Crippen molar-refractivity contribution in [1.82, 2.24) is 3.97 Å². The van der Waals surface area contributed by atoms with E-state index in [9.17, 15) is 19.5 Å². The Morgan fingerprint density at radius 3 is 2.64 bits per heavy atom. The lowest BCUT2D eigenvalue weighted by atomic mass is 10.0. The molecule has 7 nitrogen and oxygen atoms in total. The Labute approximate surface area is 221 Å². The van der Waals surface area contributed by atoms with Gasteiger partial charge in [-0.2, -0.15) is 9.23 Å². The van der Waals surface area contributed by atoms with E-state index >= 15 is 0 Å². The van der Waals surface area contributed by atoms with Gasteiger partial charge in [-0.25, -0.2) is 0 Å². The lowest BCUT2D eigenvalue weighted by Crippen LogP contribution is -2.14. The number of thiophene rings is 2. The van der Waals surface area contributed by atoms with Crippen LogP contribution in [-0.2, 0) is 16.2 Å². The van der Waals surface area contributed by atoms with Crippen LogP contribution in [0.15, 0.2) is 81.5 Å². The van der Waals surface area contributed by atoms with E-state index in [0.717, 1.165) is 10.4 Å². The largest absolute Gasteiger partial charge is 0.587 e. The number of amides is 1. The van der Waals surface area contributed by atoms with Crippen molar-refractivity contribution in [1.29, 1.82) is 5.26 Å². The smallest absolute Gasteiger partial charge is 0.323 e. The summed E-state index contributed by atoms with van der Waals surface area (Å²) in [5, 5.41) is 17.1. The van der Waals surface area contributed by atoms with Gasteiger partial charge in [-0.3, -0.25) is 4.79 Å². The second-order valence-electron chi connectivity index (χ2n) is 7.43. The van der Waals surface area contributed by atoms with Gasteiger partial charge in [-0.05, 0) is 65.4 Å². The Morgan fingerprint density at radius 1 is 1.14 bits per heavy atom. The van der Waals surface area contributed by atoms with Crippen LogP contribution < -0.4 is 4.74 Å². The number of aromatic nitrogens is 1. The van der Waals surface area contributed by atoms with E-state index in [0.29, 0.717) is 42.7 Å². The summed E-state index contributed by atoms with van der Waals surface area (Å²) in [5.74, 6) is -0.595. The molecule has 1 amide bonds. The maximum absolute atomic E-state index is 14.0. The molecule has 0 aliphatic carbocycles. The molecule has 0 radical (unpaired) electrons. The molecule has 178 valence electrons. The molecule has 0 aliphatic rings. The van der Waals surface area contributed by atoms with Crippen LogP contribution in [0.2, 0.25) is 5.02 Å². The highest BCUT2D eigenvalue weighted by Gasteiger charge is 2.30. The number of benzene rings is 2. The predicted molar refractivity (Wildman–Crippen MR) is 143 cm³/mol. The first-order valence-corrected chi connectivity index (χ1v) is 13.6. The van der Waals surface area contributed by atoms with Crippen molar-refractivity contribution in [3.8, 4) is 33.5 Å². The quantitative estimate of drug-likeness (QED) is 0.162. The van der Waals surface area contributed by atoms with Crippen molar-refractivity contribution in [2.75, 3.05) is 6.61 Å². The Balaban J connectivity index is 1.82. The van der Waals surface area contributed by atoms with Crippen LogP contribution in [0.25, 0.3) is 32.6 Å². The maximum Gasteiger partial charge on any atom is 0.323 e. The molecule has 3 heterocycles. The van der Waals surface area contributed by atoms with Gasteiger partial charge >= 0.3 is 5.91 Å². The third-order valence-corrected chi connectivity index (χ3v) is 8.67. The number of ether oxygens (including phenoxy) is 1. The SMILES string of the molecule is N#Cc1sccc1-c1c(-c2cccs2)n([S+]([O-])c2ccc(Cl)cc2)c2ccc(OCC(=O)N=O)cc12. The van der Waals surface area contributed by atoms with Crippen LogP contribution >= 0.6 is 34.3 Å². The van der Waals surface area contributed by atoms with E-state index < -0.39 is 23.9 Å². The minimum Gasteiger partial charge on any atom is -0.587 e. The Hall–Kier alpha value is -3.46. The fourth-order valence-electron chi connectivity index (χ4n) is 3.83. The van der Waals surface area contributed by atoms with Gasteiger partial charge < -0.3 is 9.29 Å². The second kappa shape index (κ2) is 10.3. The third-order valence-electron chi connectivity index (χ3n) is 5.33. The van der Waals surface area contributed by atoms with E-state index in [1.54, 1.807) is 46.4 Å². The first-order chi connectivity index (χ1) is 17.5. The summed E-state index contributed by atoms with van der Waals surface area (Å²) in [4.78, 5) is 23.8. The lowest BCUT2D eigenvalue weighted by Gasteiger charge is -2.15. The van der Waals surface area contributed by atoms with E-state index in [2.05, 4.69) is 11.2 Å². The van der Waals surface area contributed by atoms with Gasteiger partial charge in [0.1, 0.15) is 33.8 Å². The molecule has 11 heteroatoms. The van der Waals surface area contributed by atoms with E-state index in [1.165, 1.54) is 22.7 Å². The Morgan fingerprint density at radius 2 is 1.94 bits per heavy atom. The molecule has 5 aromatic rings. The summed E-state index contributed by atoms with van der Waals surface area (Å²) < 4.78 is 21.2. The highest BCUT2D eigenvalue weighted by molar-refractivity contribution is 7.90. The number of nitroso groups, excluding NO2 is 1. The fourth-order valence-corrected chi connectivity index (χ4v) is 6.75. The normalized spacial score (nSPS) is 11.8. The molecule has 0 N–H and O–H groups in total. The van der Waals surface area contributed by atoms with Crippen LogP contribution in [-0.4, -0.2) is 21.0 Å². The minimum absolute atomic E-state index is 0.335. The van der Waals surface area contributed by atoms with Crippen molar-refractivity contribution in [3.05, 3.63) is 86.2 Å². The third kappa shape index (κ3) is 4.43. The summed E-state index contributed by atoms with van der Waals surface area (Å²) in [6.45, 7) is -0.499. The van der Waals surface area contributed by atoms with Gasteiger partial charge in [0.25, 0.3) is 0 Å². The van der Waals surface area contributed by atoms with Crippen LogP contribution in [0.4, 0.5) is 0 Å². The monoisotopic (exact) mass is 551 g/mol. The number of carbonyl (C=O) groups excluding carboxylic acids is 1. The number of nitrogens with zero attached hydrogens (tertiary/aromatic N) is 3. The zero-order valence-electron chi connectivity index (χ0n) is 18.2. The molecule has 3 aromatic heterocycles. The first kappa shape index (κ1) is 24.2. The highest BCUT2D eigenvalue weighted by Crippen LogP contribution is 2.46. The summed E-state index contributed by atoms with van der Waals surface area (Å²) in [6, 6.07) is 19.8. The number of fused-ring (bicyclic) bond motifs is 1. The minimum atomic E-state index is -1.66. The molecule has 0 spiro atoms. The molecule has 2 aromatic carbocycles. The van der Waals surface area contributed by atoms with Gasteiger partial charge in [0.2, 0.25) is 0 Å². The molecule has 5 rings (SSSR count). The zero-order chi connectivity index (χ0) is 25.2. The summed E-state index contributed by atoms with van der Waals surface area (Å²) in [5.41, 5.74) is 2.75. The average Bonchev–Trinajstić information content (AvgIpc) is 3.65. The molecule has 0 fully saturated rings. The van der Waals surface area contributed by atoms with Crippen molar-refractivity contribution in [3.63, 3.8) is 0 Å². The van der Waals surface area contributed by atoms with Crippen LogP contribution in [0.3, 0.4) is 0 Å². The summed E-state index contributed by atoms with van der Waals surface area (Å²) >= 11 is 7.20. The molecule has 36 heavy (non-hydrogen) atoms. The van der Waals surface area contributed by atoms with Gasteiger partial charge in [0.05, 0.1) is 10.4 Å². The van der Waals surface area contributed by atoms with Crippen LogP contribution in [0.1, 0.15) is 4.88 Å². The number of hydrogen-bond acceptors (Lipinski definition) is 7. The predicted octanol–water partition coefficient (Wildman–Crippen LogP) is 6.87. The number of nitriles is 1. The number of carbonyl (C=O) groups is 1. The lowest BCUT2D eigenvalue weighted by molar-refractivity contribution is -0.119. The van der Waals surface area contributed by atoms with Crippen molar-refractivity contribution >= 4 is 62.4 Å². The zero-order valence-corrected chi connectivity index (χ0v) is 21.4.